The molecule has 6 heteroatoms. The minimum absolute atomic E-state index is 0.240. The molecule has 3 aliphatic rings. The third-order valence-corrected chi connectivity index (χ3v) is 10.8. The van der Waals surface area contributed by atoms with Crippen LogP contribution in [-0.2, 0) is 15.3 Å². The maximum absolute atomic E-state index is 7.04. The van der Waals surface area contributed by atoms with Crippen LogP contribution in [0.15, 0.2) is 18.2 Å². The summed E-state index contributed by atoms with van der Waals surface area (Å²) in [6, 6.07) is 7.00. The van der Waals surface area contributed by atoms with Gasteiger partial charge in [0, 0.05) is 5.92 Å². The summed E-state index contributed by atoms with van der Waals surface area (Å²) in [6.45, 7) is 23.5. The number of benzene rings is 1. The second kappa shape index (κ2) is 8.61. The molecule has 0 heterocycles. The lowest BCUT2D eigenvalue weighted by Gasteiger charge is -2.55. The fourth-order valence-electron chi connectivity index (χ4n) is 7.17. The molecule has 4 rings (SSSR count). The highest BCUT2D eigenvalue weighted by Crippen LogP contribution is 2.62. The lowest BCUT2D eigenvalue weighted by atomic mass is 9.54. The number of aryl methyl sites for hydroxylation is 1. The van der Waals surface area contributed by atoms with Crippen molar-refractivity contribution in [1.82, 2.24) is 0 Å². The van der Waals surface area contributed by atoms with Crippen LogP contribution in [0.2, 0.25) is 58.9 Å². The average molecular weight is 505 g/mol. The molecule has 0 saturated heterocycles. The highest BCUT2D eigenvalue weighted by atomic mass is 28.4. The second-order valence-corrected chi connectivity index (χ2v) is 27.5. The average Bonchev–Trinajstić information content (AvgIpc) is 2.93. The highest BCUT2D eigenvalue weighted by molar-refractivity contribution is 6.70. The SMILES string of the molecule is C[C@]12C[C@H](O[Si](C)(C)C)[C@@H]3c4ccc(O[Si](C)(C)C)cc4CC[C@H]3[C@@H]1CC[C@@H]2O[Si](C)(C)C. The quantitative estimate of drug-likeness (QED) is 0.370. The molecule has 2 saturated carbocycles. The number of rotatable bonds is 6. The summed E-state index contributed by atoms with van der Waals surface area (Å²) >= 11 is 0. The largest absolute Gasteiger partial charge is 0.544 e. The molecular weight excluding hydrogens is 457 g/mol. The van der Waals surface area contributed by atoms with Gasteiger partial charge in [0.1, 0.15) is 5.75 Å². The highest BCUT2D eigenvalue weighted by Gasteiger charge is 2.59. The van der Waals surface area contributed by atoms with Gasteiger partial charge in [-0.2, -0.15) is 0 Å². The minimum Gasteiger partial charge on any atom is -0.544 e. The molecular formula is C27H48O3Si3. The van der Waals surface area contributed by atoms with Gasteiger partial charge in [0.2, 0.25) is 8.32 Å². The van der Waals surface area contributed by atoms with Crippen LogP contribution in [-0.4, -0.2) is 37.2 Å². The van der Waals surface area contributed by atoms with Gasteiger partial charge < -0.3 is 13.3 Å². The summed E-state index contributed by atoms with van der Waals surface area (Å²) in [4.78, 5) is 0. The van der Waals surface area contributed by atoms with Crippen molar-refractivity contribution in [3.8, 4) is 5.75 Å². The second-order valence-electron chi connectivity index (χ2n) is 14.2. The van der Waals surface area contributed by atoms with Crippen LogP contribution in [0.1, 0.15) is 49.7 Å². The molecule has 186 valence electrons. The predicted octanol–water partition coefficient (Wildman–Crippen LogP) is 7.81. The first-order valence-electron chi connectivity index (χ1n) is 13.2. The fourth-order valence-corrected chi connectivity index (χ4v) is 10.4. The molecule has 0 bridgehead atoms. The van der Waals surface area contributed by atoms with Crippen LogP contribution < -0.4 is 4.43 Å². The van der Waals surface area contributed by atoms with Crippen molar-refractivity contribution >= 4 is 25.0 Å². The lowest BCUT2D eigenvalue weighted by molar-refractivity contribution is -0.0688. The molecule has 0 radical (unpaired) electrons. The van der Waals surface area contributed by atoms with E-state index in [0.29, 0.717) is 24.0 Å². The normalized spacial score (nSPS) is 34.4. The molecule has 33 heavy (non-hydrogen) atoms. The fraction of sp³-hybridized carbons (Fsp3) is 0.778. The summed E-state index contributed by atoms with van der Waals surface area (Å²) in [5, 5.41) is 0. The first-order valence-corrected chi connectivity index (χ1v) is 23.5. The molecule has 0 amide bonds. The van der Waals surface area contributed by atoms with Crippen molar-refractivity contribution in [2.24, 2.45) is 17.3 Å². The standard InChI is InChI=1S/C27H48O3Si3/c1-27-18-24(29-32(5,6)7)26-21-14-12-20(28-31(2,3)4)17-19(21)11-13-22(26)23(27)15-16-25(27)30-33(8,9)10/h12,14,17,22-26H,11,13,15-16,18H2,1-10H3/t22-,23-,24-,25-,26+,27-/m0/s1. The van der Waals surface area contributed by atoms with Crippen molar-refractivity contribution in [3.05, 3.63) is 29.3 Å². The third-order valence-electron chi connectivity index (χ3n) is 7.99. The van der Waals surface area contributed by atoms with E-state index >= 15 is 0 Å². The van der Waals surface area contributed by atoms with Crippen LogP contribution >= 0.6 is 0 Å². The van der Waals surface area contributed by atoms with E-state index in [9.17, 15) is 0 Å². The van der Waals surface area contributed by atoms with Gasteiger partial charge in [0.05, 0.1) is 12.2 Å². The number of fused-ring (bicyclic) bond motifs is 5. The topological polar surface area (TPSA) is 27.7 Å². The molecule has 2 fully saturated rings. The van der Waals surface area contributed by atoms with E-state index < -0.39 is 25.0 Å². The summed E-state index contributed by atoms with van der Waals surface area (Å²) in [6.07, 6.45) is 6.84. The van der Waals surface area contributed by atoms with Crippen LogP contribution in [0.25, 0.3) is 0 Å². The van der Waals surface area contributed by atoms with E-state index in [0.717, 1.165) is 18.1 Å². The lowest BCUT2D eigenvalue weighted by Crippen LogP contribution is -2.54. The summed E-state index contributed by atoms with van der Waals surface area (Å²) in [5.74, 6) is 3.04. The van der Waals surface area contributed by atoms with Crippen LogP contribution in [0.4, 0.5) is 0 Å². The van der Waals surface area contributed by atoms with Crippen molar-refractivity contribution < 1.29 is 13.3 Å². The van der Waals surface area contributed by atoms with Crippen LogP contribution in [0.5, 0.6) is 5.75 Å². The first kappa shape index (κ1) is 25.7. The van der Waals surface area contributed by atoms with Crippen LogP contribution in [0.3, 0.4) is 0 Å². The predicted molar refractivity (Wildman–Crippen MR) is 147 cm³/mol. The molecule has 3 nitrogen and oxygen atoms in total. The number of hydrogen-bond acceptors (Lipinski definition) is 3. The summed E-state index contributed by atoms with van der Waals surface area (Å²) in [5.41, 5.74) is 3.30. The molecule has 0 aliphatic heterocycles. The van der Waals surface area contributed by atoms with Gasteiger partial charge in [-0.15, -0.1) is 0 Å². The van der Waals surface area contributed by atoms with Gasteiger partial charge >= 0.3 is 0 Å². The van der Waals surface area contributed by atoms with Crippen molar-refractivity contribution in [3.63, 3.8) is 0 Å². The Labute approximate surface area is 206 Å². The molecule has 0 N–H and O–H groups in total. The maximum Gasteiger partial charge on any atom is 0.242 e. The van der Waals surface area contributed by atoms with Gasteiger partial charge in [-0.3, -0.25) is 0 Å². The first-order chi connectivity index (χ1) is 15.1. The Morgan fingerprint density at radius 1 is 0.818 bits per heavy atom. The zero-order chi connectivity index (χ0) is 24.4. The molecule has 1 aromatic rings. The number of hydrogen-bond donors (Lipinski definition) is 0. The third kappa shape index (κ3) is 5.55. The van der Waals surface area contributed by atoms with Gasteiger partial charge in [0.15, 0.2) is 16.6 Å². The molecule has 3 aliphatic carbocycles. The zero-order valence-corrected chi connectivity index (χ0v) is 25.9. The van der Waals surface area contributed by atoms with Gasteiger partial charge in [-0.1, -0.05) is 13.0 Å². The van der Waals surface area contributed by atoms with E-state index in [2.05, 4.69) is 84.0 Å². The smallest absolute Gasteiger partial charge is 0.242 e. The summed E-state index contributed by atoms with van der Waals surface area (Å²) in [7, 11) is -4.87. The van der Waals surface area contributed by atoms with E-state index in [1.54, 1.807) is 5.56 Å². The zero-order valence-electron chi connectivity index (χ0n) is 22.9. The Bertz CT molecular complexity index is 867. The Kier molecular flexibility index (Phi) is 6.70. The van der Waals surface area contributed by atoms with Crippen molar-refractivity contribution in [2.45, 2.75) is 116 Å². The minimum atomic E-state index is -1.68. The maximum atomic E-state index is 7.04. The van der Waals surface area contributed by atoms with Crippen molar-refractivity contribution in [1.29, 1.82) is 0 Å². The van der Waals surface area contributed by atoms with E-state index in [-0.39, 0.29) is 5.41 Å². The monoisotopic (exact) mass is 504 g/mol. The molecule has 1 aromatic carbocycles. The van der Waals surface area contributed by atoms with Crippen LogP contribution in [0, 0.1) is 17.3 Å². The van der Waals surface area contributed by atoms with E-state index in [1.165, 1.54) is 31.2 Å². The van der Waals surface area contributed by atoms with Crippen molar-refractivity contribution in [2.75, 3.05) is 0 Å². The van der Waals surface area contributed by atoms with E-state index in [4.69, 9.17) is 13.3 Å². The van der Waals surface area contributed by atoms with Gasteiger partial charge in [0.25, 0.3) is 0 Å². The molecule has 0 spiro atoms. The Morgan fingerprint density at radius 2 is 1.48 bits per heavy atom. The molecule has 6 atom stereocenters. The Hall–Kier alpha value is -0.409. The molecule has 0 unspecified atom stereocenters. The van der Waals surface area contributed by atoms with E-state index in [1.807, 2.05) is 0 Å². The van der Waals surface area contributed by atoms with Gasteiger partial charge in [-0.05, 0) is 132 Å². The summed E-state index contributed by atoms with van der Waals surface area (Å²) < 4.78 is 20.2. The van der Waals surface area contributed by atoms with Gasteiger partial charge in [-0.25, -0.2) is 0 Å². The Morgan fingerprint density at radius 3 is 2.09 bits per heavy atom. The molecule has 0 aromatic heterocycles. The Balaban J connectivity index is 1.70.